The summed E-state index contributed by atoms with van der Waals surface area (Å²) >= 11 is 0. The van der Waals surface area contributed by atoms with Crippen LogP contribution in [0.25, 0.3) is 0 Å². The van der Waals surface area contributed by atoms with Crippen molar-refractivity contribution in [1.82, 2.24) is 10.6 Å². The number of fused-ring (bicyclic) bond motifs is 1. The van der Waals surface area contributed by atoms with Crippen molar-refractivity contribution in [2.24, 2.45) is 17.6 Å². The van der Waals surface area contributed by atoms with Crippen molar-refractivity contribution in [3.63, 3.8) is 0 Å². The Balaban J connectivity index is 1.53. The first-order valence-electron chi connectivity index (χ1n) is 8.88. The smallest absolute Gasteiger partial charge is 0.308 e. The van der Waals surface area contributed by atoms with Gasteiger partial charge in [-0.05, 0) is 38.5 Å². The molecule has 3 aliphatic rings. The van der Waals surface area contributed by atoms with Gasteiger partial charge in [0.1, 0.15) is 0 Å². The molecule has 126 valence electrons. The molecule has 1 heterocycles. The lowest BCUT2D eigenvalue weighted by Crippen LogP contribution is -3.06. The zero-order valence-corrected chi connectivity index (χ0v) is 13.6. The number of nitrogens with two attached hydrogens (primary N) is 2. The highest BCUT2D eigenvalue weighted by molar-refractivity contribution is 5.72. The molecule has 6 atom stereocenters. The van der Waals surface area contributed by atoms with Gasteiger partial charge < -0.3 is 15.8 Å². The predicted molar refractivity (Wildman–Crippen MR) is 83.5 cm³/mol. The average molecular weight is 311 g/mol. The first-order valence-corrected chi connectivity index (χ1v) is 8.88. The van der Waals surface area contributed by atoms with Crippen molar-refractivity contribution in [3.8, 4) is 0 Å². The number of ether oxygens (including phenoxy) is 1. The summed E-state index contributed by atoms with van der Waals surface area (Å²) < 4.78 is 4.91. The maximum absolute atomic E-state index is 11.8. The molecule has 0 bridgehead atoms. The van der Waals surface area contributed by atoms with Crippen LogP contribution in [0.5, 0.6) is 0 Å². The monoisotopic (exact) mass is 311 g/mol. The molecule has 1 aliphatic heterocycles. The summed E-state index contributed by atoms with van der Waals surface area (Å²) in [6, 6.07) is 1.02. The molecule has 6 unspecified atom stereocenters. The highest BCUT2D eigenvalue weighted by atomic mass is 16.5. The number of nitrogens with one attached hydrogen (secondary N) is 2. The van der Waals surface area contributed by atoms with E-state index in [2.05, 4.69) is 16.0 Å². The van der Waals surface area contributed by atoms with Gasteiger partial charge in [0.15, 0.2) is 6.29 Å². The molecule has 0 aromatic carbocycles. The number of hydrogen-bond acceptors (Lipinski definition) is 5. The molecule has 6 nitrogen and oxygen atoms in total. The number of quaternary nitrogens is 1. The van der Waals surface area contributed by atoms with Gasteiger partial charge in [0, 0.05) is 12.0 Å². The Morgan fingerprint density at radius 1 is 1.23 bits per heavy atom. The topological polar surface area (TPSA) is 93.0 Å². The second-order valence-electron chi connectivity index (χ2n) is 7.23. The van der Waals surface area contributed by atoms with Crippen LogP contribution in [0, 0.1) is 11.8 Å². The lowest BCUT2D eigenvalue weighted by molar-refractivity contribution is -0.750. The Kier molecular flexibility index (Phi) is 5.33. The summed E-state index contributed by atoms with van der Waals surface area (Å²) in [5, 5.41) is 9.62. The van der Waals surface area contributed by atoms with Crippen LogP contribution in [-0.4, -0.2) is 37.6 Å². The number of esters is 1. The van der Waals surface area contributed by atoms with E-state index in [9.17, 15) is 4.79 Å². The number of methoxy groups -OCH3 is 1. The number of carbonyl (C=O) groups excluding carboxylic acids is 1. The fourth-order valence-electron chi connectivity index (χ4n) is 4.59. The number of rotatable bonds is 3. The molecule has 22 heavy (non-hydrogen) atoms. The lowest BCUT2D eigenvalue weighted by Gasteiger charge is -2.43. The fourth-order valence-corrected chi connectivity index (χ4v) is 4.59. The first-order chi connectivity index (χ1) is 10.7. The van der Waals surface area contributed by atoms with Gasteiger partial charge in [0.25, 0.3) is 0 Å². The number of carbonyl (C=O) groups is 1. The average Bonchev–Trinajstić information content (AvgIpc) is 2.54. The van der Waals surface area contributed by atoms with Gasteiger partial charge in [0.05, 0.1) is 25.2 Å². The van der Waals surface area contributed by atoms with Gasteiger partial charge in [-0.3, -0.25) is 10.1 Å². The Labute approximate surface area is 132 Å². The molecular formula is C16H31N4O2+. The maximum Gasteiger partial charge on any atom is 0.308 e. The van der Waals surface area contributed by atoms with Gasteiger partial charge in [-0.2, -0.15) is 0 Å². The Morgan fingerprint density at radius 2 is 2.05 bits per heavy atom. The molecule has 0 aromatic rings. The van der Waals surface area contributed by atoms with Crippen molar-refractivity contribution in [1.29, 1.82) is 0 Å². The van der Waals surface area contributed by atoms with Crippen molar-refractivity contribution >= 4 is 5.97 Å². The van der Waals surface area contributed by atoms with E-state index in [1.54, 1.807) is 0 Å². The second kappa shape index (κ2) is 7.25. The predicted octanol–water partition coefficient (Wildman–Crippen LogP) is -0.398. The van der Waals surface area contributed by atoms with Gasteiger partial charge in [0.2, 0.25) is 0 Å². The summed E-state index contributed by atoms with van der Waals surface area (Å²) in [6.07, 6.45) is 9.47. The molecule has 2 aliphatic carbocycles. The van der Waals surface area contributed by atoms with E-state index in [-0.39, 0.29) is 24.3 Å². The van der Waals surface area contributed by atoms with Crippen molar-refractivity contribution in [3.05, 3.63) is 0 Å². The Bertz CT molecular complexity index is 392. The van der Waals surface area contributed by atoms with Crippen LogP contribution < -0.4 is 21.7 Å². The minimum atomic E-state index is -0.0591. The van der Waals surface area contributed by atoms with Crippen LogP contribution in [0.2, 0.25) is 0 Å². The van der Waals surface area contributed by atoms with E-state index in [1.165, 1.54) is 32.8 Å². The molecule has 0 aromatic heterocycles. The van der Waals surface area contributed by atoms with E-state index >= 15 is 0 Å². The van der Waals surface area contributed by atoms with Crippen molar-refractivity contribution < 1.29 is 14.8 Å². The third-order valence-corrected chi connectivity index (χ3v) is 5.77. The third kappa shape index (κ3) is 3.62. The number of hydrogen-bond donors (Lipinski definition) is 4. The normalized spacial score (nSPS) is 42.5. The molecule has 6 heteroatoms. The summed E-state index contributed by atoms with van der Waals surface area (Å²) in [5.41, 5.74) is 6.34. The highest BCUT2D eigenvalue weighted by Gasteiger charge is 2.41. The SMILES string of the molecule is COC(=O)C1CCCC(NC2NC(N)C3CCCCC3[NH2+]2)C1. The van der Waals surface area contributed by atoms with E-state index in [4.69, 9.17) is 10.5 Å². The van der Waals surface area contributed by atoms with Crippen LogP contribution >= 0.6 is 0 Å². The standard InChI is InChI=1S/C16H30N4O2/c1-22-15(21)10-5-4-6-11(9-10)18-16-19-13-8-3-2-7-12(13)14(17)20-16/h10-14,16,18-20H,2-9,17H2,1H3/p+1. The first kappa shape index (κ1) is 16.2. The maximum atomic E-state index is 11.8. The second-order valence-corrected chi connectivity index (χ2v) is 7.23. The van der Waals surface area contributed by atoms with Gasteiger partial charge >= 0.3 is 5.97 Å². The van der Waals surface area contributed by atoms with Gasteiger partial charge in [-0.1, -0.05) is 12.8 Å². The summed E-state index contributed by atoms with van der Waals surface area (Å²) in [7, 11) is 1.48. The van der Waals surface area contributed by atoms with Gasteiger partial charge in [-0.15, -0.1) is 0 Å². The fraction of sp³-hybridized carbons (Fsp3) is 0.938. The Morgan fingerprint density at radius 3 is 2.86 bits per heavy atom. The molecule has 3 fully saturated rings. The van der Waals surface area contributed by atoms with Crippen LogP contribution in [0.1, 0.15) is 51.4 Å². The van der Waals surface area contributed by atoms with Crippen LogP contribution in [0.15, 0.2) is 0 Å². The largest absolute Gasteiger partial charge is 0.469 e. The highest BCUT2D eigenvalue weighted by Crippen LogP contribution is 2.27. The molecule has 0 amide bonds. The lowest BCUT2D eigenvalue weighted by atomic mass is 9.81. The minimum absolute atomic E-state index is 0.0518. The van der Waals surface area contributed by atoms with E-state index in [1.807, 2.05) is 0 Å². The molecule has 2 saturated carbocycles. The van der Waals surface area contributed by atoms with Crippen LogP contribution in [-0.2, 0) is 9.53 Å². The minimum Gasteiger partial charge on any atom is -0.469 e. The molecule has 6 N–H and O–H groups in total. The van der Waals surface area contributed by atoms with Crippen LogP contribution in [0.3, 0.4) is 0 Å². The van der Waals surface area contributed by atoms with E-state index in [0.29, 0.717) is 18.0 Å². The molecular weight excluding hydrogens is 280 g/mol. The molecule has 0 radical (unpaired) electrons. The van der Waals surface area contributed by atoms with E-state index in [0.717, 1.165) is 25.7 Å². The van der Waals surface area contributed by atoms with Crippen LogP contribution in [0.4, 0.5) is 0 Å². The Hall–Kier alpha value is -0.690. The summed E-state index contributed by atoms with van der Waals surface area (Å²) in [6.45, 7) is 0. The molecule has 0 spiro atoms. The molecule has 1 saturated heterocycles. The third-order valence-electron chi connectivity index (χ3n) is 5.77. The van der Waals surface area contributed by atoms with Crippen molar-refractivity contribution in [2.45, 2.75) is 75.9 Å². The summed E-state index contributed by atoms with van der Waals surface area (Å²) in [4.78, 5) is 11.8. The van der Waals surface area contributed by atoms with E-state index < -0.39 is 0 Å². The summed E-state index contributed by atoms with van der Waals surface area (Å²) in [5.74, 6) is 0.591. The molecule has 3 rings (SSSR count). The quantitative estimate of drug-likeness (QED) is 0.532. The van der Waals surface area contributed by atoms with Crippen molar-refractivity contribution in [2.75, 3.05) is 7.11 Å². The van der Waals surface area contributed by atoms with Gasteiger partial charge in [-0.25, -0.2) is 5.32 Å². The zero-order valence-electron chi connectivity index (χ0n) is 13.6. The zero-order chi connectivity index (χ0) is 15.5.